The summed E-state index contributed by atoms with van der Waals surface area (Å²) in [5, 5.41) is 3.04. The first-order valence-corrected chi connectivity index (χ1v) is 9.77. The van der Waals surface area contributed by atoms with Crippen LogP contribution in [0.25, 0.3) is 11.0 Å². The fraction of sp³-hybridized carbons (Fsp3) is 0.500. The molecule has 2 aliphatic heterocycles. The molecule has 1 aromatic carbocycles. The van der Waals surface area contributed by atoms with E-state index in [-0.39, 0.29) is 23.6 Å². The van der Waals surface area contributed by atoms with Crippen LogP contribution in [0.15, 0.2) is 24.5 Å². The highest BCUT2D eigenvalue weighted by Gasteiger charge is 2.56. The summed E-state index contributed by atoms with van der Waals surface area (Å²) in [7, 11) is 0. The molecule has 2 unspecified atom stereocenters. The standard InChI is InChI=1S/C20H23N5O3/c1-11(26)24-6-12(7-24)19(27)21-5-14-15-8-25(9-16(14)15)20(28)13-3-2-4-17-18(13)23-10-22-17/h2-4,10,12,14-16H,5-9H2,1H3,(H,21,27)(H,22,23). The van der Waals surface area contributed by atoms with Gasteiger partial charge in [0.2, 0.25) is 11.8 Å². The highest BCUT2D eigenvalue weighted by Crippen LogP contribution is 2.51. The zero-order chi connectivity index (χ0) is 19.4. The number of hydrogen-bond donors (Lipinski definition) is 2. The monoisotopic (exact) mass is 381 g/mol. The van der Waals surface area contributed by atoms with Crippen molar-refractivity contribution >= 4 is 28.8 Å². The number of rotatable bonds is 4. The lowest BCUT2D eigenvalue weighted by molar-refractivity contribution is -0.141. The van der Waals surface area contributed by atoms with Crippen molar-refractivity contribution in [2.24, 2.45) is 23.7 Å². The molecule has 3 fully saturated rings. The molecule has 1 saturated carbocycles. The van der Waals surface area contributed by atoms with Crippen molar-refractivity contribution in [3.05, 3.63) is 30.1 Å². The predicted octanol–water partition coefficient (Wildman–Crippen LogP) is 0.475. The van der Waals surface area contributed by atoms with E-state index >= 15 is 0 Å². The van der Waals surface area contributed by atoms with Gasteiger partial charge >= 0.3 is 0 Å². The van der Waals surface area contributed by atoms with E-state index in [0.29, 0.717) is 43.0 Å². The topological polar surface area (TPSA) is 98.4 Å². The van der Waals surface area contributed by atoms with Crippen LogP contribution in [0.5, 0.6) is 0 Å². The van der Waals surface area contributed by atoms with E-state index in [1.807, 2.05) is 23.1 Å². The van der Waals surface area contributed by atoms with Gasteiger partial charge in [-0.05, 0) is 29.9 Å². The number of fused-ring (bicyclic) bond motifs is 2. The largest absolute Gasteiger partial charge is 0.355 e. The number of benzene rings is 1. The molecule has 8 heteroatoms. The minimum absolute atomic E-state index is 0.0241. The Bertz CT molecular complexity index is 952. The van der Waals surface area contributed by atoms with Crippen LogP contribution < -0.4 is 5.32 Å². The number of piperidine rings is 1. The van der Waals surface area contributed by atoms with E-state index in [1.165, 1.54) is 6.92 Å². The van der Waals surface area contributed by atoms with Gasteiger partial charge in [0.25, 0.3) is 5.91 Å². The first-order chi connectivity index (χ1) is 13.5. The molecule has 1 aromatic heterocycles. The molecule has 2 atom stereocenters. The van der Waals surface area contributed by atoms with Crippen LogP contribution in [-0.4, -0.2) is 70.2 Å². The Kier molecular flexibility index (Phi) is 3.89. The molecule has 2 saturated heterocycles. The summed E-state index contributed by atoms with van der Waals surface area (Å²) in [4.78, 5) is 47.2. The SMILES string of the molecule is CC(=O)N1CC(C(=O)NCC2C3CN(C(=O)c4cccc5[nH]cnc45)CC23)C1. The smallest absolute Gasteiger partial charge is 0.256 e. The number of amides is 3. The van der Waals surface area contributed by atoms with Crippen LogP contribution in [0.1, 0.15) is 17.3 Å². The first kappa shape index (κ1) is 17.2. The fourth-order valence-corrected chi connectivity index (χ4v) is 4.69. The molecule has 28 heavy (non-hydrogen) atoms. The second-order valence-electron chi connectivity index (χ2n) is 8.17. The number of aromatic nitrogens is 2. The van der Waals surface area contributed by atoms with Crippen molar-refractivity contribution in [1.82, 2.24) is 25.1 Å². The van der Waals surface area contributed by atoms with Crippen molar-refractivity contribution in [2.75, 3.05) is 32.7 Å². The van der Waals surface area contributed by atoms with Crippen molar-refractivity contribution in [2.45, 2.75) is 6.92 Å². The number of carbonyl (C=O) groups excluding carboxylic acids is 3. The van der Waals surface area contributed by atoms with Crippen LogP contribution in [0.3, 0.4) is 0 Å². The molecule has 146 valence electrons. The molecule has 2 aromatic rings. The minimum Gasteiger partial charge on any atom is -0.355 e. The van der Waals surface area contributed by atoms with E-state index in [2.05, 4.69) is 15.3 Å². The van der Waals surface area contributed by atoms with Gasteiger partial charge in [0.1, 0.15) is 5.52 Å². The van der Waals surface area contributed by atoms with E-state index in [0.717, 1.165) is 24.1 Å². The predicted molar refractivity (Wildman–Crippen MR) is 101 cm³/mol. The van der Waals surface area contributed by atoms with Crippen LogP contribution >= 0.6 is 0 Å². The zero-order valence-electron chi connectivity index (χ0n) is 15.7. The molecule has 0 bridgehead atoms. The number of imidazole rings is 1. The van der Waals surface area contributed by atoms with Crippen LogP contribution in [0.4, 0.5) is 0 Å². The summed E-state index contributed by atoms with van der Waals surface area (Å²) >= 11 is 0. The van der Waals surface area contributed by atoms with Gasteiger partial charge in [0, 0.05) is 39.6 Å². The summed E-state index contributed by atoms with van der Waals surface area (Å²) in [5.74, 6) is 1.42. The van der Waals surface area contributed by atoms with Gasteiger partial charge in [-0.15, -0.1) is 0 Å². The average Bonchev–Trinajstić information content (AvgIpc) is 3.03. The number of aromatic amines is 1. The van der Waals surface area contributed by atoms with Gasteiger partial charge in [-0.2, -0.15) is 0 Å². The molecular formula is C20H23N5O3. The number of nitrogens with zero attached hydrogens (tertiary/aromatic N) is 3. The summed E-state index contributed by atoms with van der Waals surface area (Å²) in [5.41, 5.74) is 2.23. The molecule has 0 radical (unpaired) electrons. The van der Waals surface area contributed by atoms with E-state index in [4.69, 9.17) is 0 Å². The summed E-state index contributed by atoms with van der Waals surface area (Å²) in [6.07, 6.45) is 1.61. The van der Waals surface area contributed by atoms with Gasteiger partial charge in [0.05, 0.1) is 23.3 Å². The van der Waals surface area contributed by atoms with Crippen LogP contribution in [0.2, 0.25) is 0 Å². The number of H-pyrrole nitrogens is 1. The van der Waals surface area contributed by atoms with Gasteiger partial charge in [-0.1, -0.05) is 6.07 Å². The Hall–Kier alpha value is -2.90. The molecule has 3 heterocycles. The third-order valence-corrected chi connectivity index (χ3v) is 6.55. The lowest BCUT2D eigenvalue weighted by atomic mass is 9.99. The maximum atomic E-state index is 12.9. The van der Waals surface area contributed by atoms with E-state index in [1.54, 1.807) is 11.2 Å². The maximum Gasteiger partial charge on any atom is 0.256 e. The Balaban J connectivity index is 1.12. The second kappa shape index (κ2) is 6.32. The van der Waals surface area contributed by atoms with E-state index in [9.17, 15) is 14.4 Å². The van der Waals surface area contributed by atoms with Crippen LogP contribution in [-0.2, 0) is 9.59 Å². The first-order valence-electron chi connectivity index (χ1n) is 9.77. The zero-order valence-corrected chi connectivity index (χ0v) is 15.7. The molecule has 2 N–H and O–H groups in total. The molecule has 8 nitrogen and oxygen atoms in total. The Morgan fingerprint density at radius 2 is 1.89 bits per heavy atom. The van der Waals surface area contributed by atoms with E-state index < -0.39 is 0 Å². The summed E-state index contributed by atoms with van der Waals surface area (Å²) in [6, 6.07) is 5.61. The van der Waals surface area contributed by atoms with Crippen molar-refractivity contribution in [1.29, 1.82) is 0 Å². The van der Waals surface area contributed by atoms with Crippen molar-refractivity contribution < 1.29 is 14.4 Å². The summed E-state index contributed by atoms with van der Waals surface area (Å²) < 4.78 is 0. The van der Waals surface area contributed by atoms with Gasteiger partial charge in [0.15, 0.2) is 0 Å². The third kappa shape index (κ3) is 2.75. The number of likely N-dealkylation sites (tertiary alicyclic amines) is 2. The molecular weight excluding hydrogens is 358 g/mol. The van der Waals surface area contributed by atoms with Gasteiger partial charge in [-0.25, -0.2) is 4.98 Å². The second-order valence-corrected chi connectivity index (χ2v) is 8.17. The lowest BCUT2D eigenvalue weighted by Crippen LogP contribution is -2.55. The fourth-order valence-electron chi connectivity index (χ4n) is 4.69. The normalized spacial score (nSPS) is 26.1. The number of para-hydroxylation sites is 1. The Morgan fingerprint density at radius 1 is 1.14 bits per heavy atom. The Labute approximate surface area is 162 Å². The van der Waals surface area contributed by atoms with Crippen LogP contribution in [0, 0.1) is 23.7 Å². The highest BCUT2D eigenvalue weighted by molar-refractivity contribution is 6.04. The number of nitrogens with one attached hydrogen (secondary N) is 2. The Morgan fingerprint density at radius 3 is 2.61 bits per heavy atom. The van der Waals surface area contributed by atoms with Gasteiger partial charge < -0.3 is 20.1 Å². The molecule has 5 rings (SSSR count). The van der Waals surface area contributed by atoms with Crippen molar-refractivity contribution in [3.63, 3.8) is 0 Å². The number of hydrogen-bond acceptors (Lipinski definition) is 4. The summed E-state index contributed by atoms with van der Waals surface area (Å²) in [6.45, 7) is 4.74. The quantitative estimate of drug-likeness (QED) is 0.805. The lowest BCUT2D eigenvalue weighted by Gasteiger charge is -2.37. The van der Waals surface area contributed by atoms with Crippen molar-refractivity contribution in [3.8, 4) is 0 Å². The number of carbonyl (C=O) groups is 3. The maximum absolute atomic E-state index is 12.9. The average molecular weight is 381 g/mol. The molecule has 3 aliphatic rings. The molecule has 1 aliphatic carbocycles. The molecule has 0 spiro atoms. The third-order valence-electron chi connectivity index (χ3n) is 6.55. The molecule has 3 amide bonds. The van der Waals surface area contributed by atoms with Gasteiger partial charge in [-0.3, -0.25) is 14.4 Å². The minimum atomic E-state index is -0.0742. The highest BCUT2D eigenvalue weighted by atomic mass is 16.2.